The lowest BCUT2D eigenvalue weighted by Crippen LogP contribution is -2.66. The van der Waals surface area contributed by atoms with E-state index in [2.05, 4.69) is 11.4 Å². The molecule has 2 aromatic rings. The van der Waals surface area contributed by atoms with E-state index in [4.69, 9.17) is 0 Å². The minimum atomic E-state index is -1.41. The number of aromatic nitrogens is 1. The summed E-state index contributed by atoms with van der Waals surface area (Å²) in [4.78, 5) is 0. The molecular formula is C24H21N5O. The summed E-state index contributed by atoms with van der Waals surface area (Å²) in [5.74, 6) is 1.31. The van der Waals surface area contributed by atoms with Crippen LogP contribution in [0.4, 0.5) is 0 Å². The first kappa shape index (κ1) is 19.6. The highest BCUT2D eigenvalue weighted by Crippen LogP contribution is 2.52. The van der Waals surface area contributed by atoms with Crippen molar-refractivity contribution in [1.82, 2.24) is 5.32 Å². The third-order valence-corrected chi connectivity index (χ3v) is 6.03. The van der Waals surface area contributed by atoms with Gasteiger partial charge >= 0.3 is 0 Å². The first-order valence-electron chi connectivity index (χ1n) is 9.89. The first-order chi connectivity index (χ1) is 14.5. The van der Waals surface area contributed by atoms with Crippen molar-refractivity contribution in [2.24, 2.45) is 5.92 Å². The zero-order chi connectivity index (χ0) is 21.3. The summed E-state index contributed by atoms with van der Waals surface area (Å²) in [7, 11) is 0. The number of allylic oxidation sites excluding steroid dienone is 2. The second-order valence-electron chi connectivity index (χ2n) is 7.81. The number of aliphatic hydroxyl groups is 1. The largest absolute Gasteiger partial charge is 0.762 e. The Labute approximate surface area is 175 Å². The molecule has 2 aliphatic rings. The van der Waals surface area contributed by atoms with Crippen molar-refractivity contribution in [1.29, 1.82) is 10.5 Å². The van der Waals surface area contributed by atoms with Crippen molar-refractivity contribution >= 4 is 5.87 Å². The van der Waals surface area contributed by atoms with Gasteiger partial charge in [0.1, 0.15) is 6.07 Å². The van der Waals surface area contributed by atoms with Gasteiger partial charge < -0.3 is 15.8 Å². The maximum absolute atomic E-state index is 12.0. The van der Waals surface area contributed by atoms with Gasteiger partial charge in [-0.1, -0.05) is 36.4 Å². The molecule has 0 radical (unpaired) electrons. The molecule has 2 N–H and O–H groups in total. The molecule has 30 heavy (non-hydrogen) atoms. The number of nitriles is 2. The highest BCUT2D eigenvalue weighted by Gasteiger charge is 2.61. The zero-order valence-corrected chi connectivity index (χ0v) is 16.6. The van der Waals surface area contributed by atoms with Gasteiger partial charge in [-0.3, -0.25) is 0 Å². The predicted octanol–water partition coefficient (Wildman–Crippen LogP) is 2.78. The topological polar surface area (TPSA) is 106 Å². The zero-order valence-electron chi connectivity index (χ0n) is 16.6. The standard InChI is InChI=1S/C24H21N5O/c1-16-7-5-6-12-29(16)23-21(17-8-3-2-4-9-17)20(15-27)22(18(13-25)14-26)28-24(23,30)19-10-11-19/h2-9,12,19,21,23,28,30H,10-11H2,1H3/t21-,23-,24+/m1/s1. The summed E-state index contributed by atoms with van der Waals surface area (Å²) in [5.41, 5.74) is 0.602. The second kappa shape index (κ2) is 7.61. The van der Waals surface area contributed by atoms with Gasteiger partial charge in [0.05, 0.1) is 28.8 Å². The molecule has 1 aliphatic heterocycles. The Morgan fingerprint density at radius 3 is 2.43 bits per heavy atom. The number of nitrogens with zero attached hydrogens (tertiary/aromatic N) is 4. The molecule has 148 valence electrons. The first-order valence-corrected chi connectivity index (χ1v) is 9.89. The molecule has 1 aliphatic carbocycles. The van der Waals surface area contributed by atoms with Crippen LogP contribution in [0.25, 0.3) is 5.41 Å². The molecule has 1 fully saturated rings. The lowest BCUT2D eigenvalue weighted by atomic mass is 9.73. The molecule has 0 bridgehead atoms. The Bertz CT molecular complexity index is 1150. The molecule has 1 saturated carbocycles. The molecule has 2 heterocycles. The van der Waals surface area contributed by atoms with Crippen LogP contribution in [0.3, 0.4) is 0 Å². The lowest BCUT2D eigenvalue weighted by Gasteiger charge is -2.43. The molecule has 0 amide bonds. The van der Waals surface area contributed by atoms with E-state index in [-0.39, 0.29) is 22.8 Å². The summed E-state index contributed by atoms with van der Waals surface area (Å²) in [5, 5.41) is 44.2. The van der Waals surface area contributed by atoms with E-state index in [9.17, 15) is 21.0 Å². The summed E-state index contributed by atoms with van der Waals surface area (Å²) in [6.07, 6.45) is 3.57. The molecule has 1 aromatic carbocycles. The minimum absolute atomic E-state index is 0.0466. The maximum Gasteiger partial charge on any atom is 0.217 e. The highest BCUT2D eigenvalue weighted by molar-refractivity contribution is 5.74. The Morgan fingerprint density at radius 1 is 1.17 bits per heavy atom. The summed E-state index contributed by atoms with van der Waals surface area (Å²) in [6.45, 7) is 1.96. The summed E-state index contributed by atoms with van der Waals surface area (Å²) in [6, 6.07) is 18.9. The normalized spacial score (nSPS) is 25.5. The average Bonchev–Trinajstić information content (AvgIpc) is 3.62. The molecule has 6 heteroatoms. The van der Waals surface area contributed by atoms with E-state index in [1.807, 2.05) is 78.2 Å². The van der Waals surface area contributed by atoms with Gasteiger partial charge in [0.2, 0.25) is 11.8 Å². The van der Waals surface area contributed by atoms with Crippen LogP contribution in [0.15, 0.2) is 71.6 Å². The fourth-order valence-electron chi connectivity index (χ4n) is 4.47. The Morgan fingerprint density at radius 2 is 1.87 bits per heavy atom. The number of aryl methyl sites for hydroxylation is 1. The predicted molar refractivity (Wildman–Crippen MR) is 111 cm³/mol. The van der Waals surface area contributed by atoms with E-state index in [1.54, 1.807) is 0 Å². The SMILES string of the molecule is Cc1cccc[n+]1[C@@H]1[C@H](c2ccccc2)C(C#N)=C(C(=C=[N-])C#N)N[C@]1(O)C1CC1. The van der Waals surface area contributed by atoms with Crippen LogP contribution in [0, 0.1) is 35.5 Å². The minimum Gasteiger partial charge on any atom is -0.762 e. The Kier molecular flexibility index (Phi) is 4.98. The third-order valence-electron chi connectivity index (χ3n) is 6.03. The quantitative estimate of drug-likeness (QED) is 0.472. The van der Waals surface area contributed by atoms with E-state index < -0.39 is 17.7 Å². The fourth-order valence-corrected chi connectivity index (χ4v) is 4.47. The van der Waals surface area contributed by atoms with Gasteiger partial charge in [-0.25, -0.2) is 5.87 Å². The van der Waals surface area contributed by atoms with E-state index in [1.165, 1.54) is 0 Å². The van der Waals surface area contributed by atoms with Crippen LogP contribution in [0.1, 0.15) is 36.1 Å². The number of pyridine rings is 1. The smallest absolute Gasteiger partial charge is 0.217 e. The number of hydrogen-bond acceptors (Lipinski definition) is 4. The Balaban J connectivity index is 2.06. The lowest BCUT2D eigenvalue weighted by molar-refractivity contribution is -0.747. The van der Waals surface area contributed by atoms with Crippen molar-refractivity contribution in [3.8, 4) is 12.1 Å². The van der Waals surface area contributed by atoms with Crippen LogP contribution in [-0.2, 0) is 0 Å². The monoisotopic (exact) mass is 395 g/mol. The maximum atomic E-state index is 12.0. The van der Waals surface area contributed by atoms with Gasteiger partial charge in [0.15, 0.2) is 11.9 Å². The molecule has 4 rings (SSSR count). The number of rotatable bonds is 4. The fraction of sp³-hybridized carbons (Fsp3) is 0.292. The molecule has 0 saturated heterocycles. The van der Waals surface area contributed by atoms with Crippen LogP contribution in [0.5, 0.6) is 0 Å². The highest BCUT2D eigenvalue weighted by atomic mass is 16.3. The van der Waals surface area contributed by atoms with Crippen molar-refractivity contribution in [3.63, 3.8) is 0 Å². The van der Waals surface area contributed by atoms with Gasteiger partial charge in [-0.2, -0.15) is 15.1 Å². The number of nitrogens with one attached hydrogen (secondary N) is 1. The number of hydrogen-bond donors (Lipinski definition) is 2. The summed E-state index contributed by atoms with van der Waals surface area (Å²) >= 11 is 0. The van der Waals surface area contributed by atoms with Gasteiger partial charge in [-0.05, 0) is 18.4 Å². The van der Waals surface area contributed by atoms with Crippen LogP contribution in [-0.4, -0.2) is 16.7 Å². The third kappa shape index (κ3) is 3.09. The summed E-state index contributed by atoms with van der Waals surface area (Å²) < 4.78 is 2.00. The van der Waals surface area contributed by atoms with Gasteiger partial charge in [0, 0.05) is 25.0 Å². The van der Waals surface area contributed by atoms with E-state index in [0.29, 0.717) is 0 Å². The second-order valence-corrected chi connectivity index (χ2v) is 7.81. The molecular weight excluding hydrogens is 374 g/mol. The van der Waals surface area contributed by atoms with Crippen molar-refractivity contribution in [2.75, 3.05) is 0 Å². The molecule has 0 unspecified atom stereocenters. The van der Waals surface area contributed by atoms with Gasteiger partial charge in [0.25, 0.3) is 0 Å². The van der Waals surface area contributed by atoms with E-state index >= 15 is 0 Å². The van der Waals surface area contributed by atoms with Crippen LogP contribution < -0.4 is 9.88 Å². The van der Waals surface area contributed by atoms with E-state index in [0.717, 1.165) is 24.1 Å². The van der Waals surface area contributed by atoms with Crippen molar-refractivity contribution in [2.45, 2.75) is 37.5 Å². The van der Waals surface area contributed by atoms with Gasteiger partial charge in [-0.15, -0.1) is 0 Å². The average molecular weight is 395 g/mol. The molecule has 1 aromatic heterocycles. The van der Waals surface area contributed by atoms with Crippen LogP contribution >= 0.6 is 0 Å². The number of benzene rings is 1. The Hall–Kier alpha value is -3.70. The molecule has 0 spiro atoms. The van der Waals surface area contributed by atoms with Crippen LogP contribution in [0.2, 0.25) is 0 Å². The molecule has 6 nitrogen and oxygen atoms in total. The van der Waals surface area contributed by atoms with Crippen molar-refractivity contribution in [3.05, 3.63) is 88.2 Å². The molecule has 3 atom stereocenters. The van der Waals surface area contributed by atoms with Crippen molar-refractivity contribution < 1.29 is 9.67 Å².